The molecule has 1 aromatic rings. The minimum absolute atomic E-state index is 0.105. The number of carbonyl (C=O) groups excluding carboxylic acids is 1. The number of amides is 1. The van der Waals surface area contributed by atoms with E-state index in [1.165, 1.54) is 6.26 Å². The summed E-state index contributed by atoms with van der Waals surface area (Å²) < 4.78 is 5.25. The molecule has 0 radical (unpaired) electrons. The first kappa shape index (κ1) is 14.6. The molecule has 0 spiro atoms. The van der Waals surface area contributed by atoms with Gasteiger partial charge in [0.2, 0.25) is 0 Å². The first-order valence-electron chi connectivity index (χ1n) is 7.01. The van der Waals surface area contributed by atoms with E-state index in [0.29, 0.717) is 17.0 Å². The van der Waals surface area contributed by atoms with E-state index in [0.717, 1.165) is 19.4 Å². The molecule has 5 heteroatoms. The number of nitrogens with zero attached hydrogens (tertiary/aromatic N) is 1. The Morgan fingerprint density at radius 2 is 2.15 bits per heavy atom. The van der Waals surface area contributed by atoms with Crippen LogP contribution in [0.15, 0.2) is 10.7 Å². The number of aryl methyl sites for hydroxylation is 1. The summed E-state index contributed by atoms with van der Waals surface area (Å²) in [7, 11) is 0. The van der Waals surface area contributed by atoms with Crippen LogP contribution >= 0.6 is 0 Å². The molecule has 0 aromatic carbocycles. The van der Waals surface area contributed by atoms with E-state index in [1.807, 2.05) is 11.8 Å². The van der Waals surface area contributed by atoms with Gasteiger partial charge in [-0.15, -0.1) is 0 Å². The topological polar surface area (TPSA) is 70.7 Å². The second-order valence-corrected chi connectivity index (χ2v) is 5.65. The summed E-state index contributed by atoms with van der Waals surface area (Å²) in [5, 5.41) is 8.90. The van der Waals surface area contributed by atoms with E-state index < -0.39 is 5.97 Å². The molecule has 1 aliphatic heterocycles. The number of rotatable bonds is 3. The van der Waals surface area contributed by atoms with Crippen molar-refractivity contribution in [3.8, 4) is 0 Å². The van der Waals surface area contributed by atoms with Crippen molar-refractivity contribution in [1.82, 2.24) is 4.90 Å². The van der Waals surface area contributed by atoms with Gasteiger partial charge in [-0.2, -0.15) is 0 Å². The predicted octanol–water partition coefficient (Wildman–Crippen LogP) is 2.48. The van der Waals surface area contributed by atoms with Crippen molar-refractivity contribution in [2.24, 2.45) is 5.92 Å². The molecule has 1 aromatic heterocycles. The largest absolute Gasteiger partial charge is 0.481 e. The normalized spacial score (nSPS) is 22.9. The Balaban J connectivity index is 2.28. The molecular formula is C15H21NO4. The van der Waals surface area contributed by atoms with E-state index in [2.05, 4.69) is 6.92 Å². The average molecular weight is 279 g/mol. The zero-order valence-electron chi connectivity index (χ0n) is 12.2. The van der Waals surface area contributed by atoms with E-state index >= 15 is 0 Å². The van der Waals surface area contributed by atoms with Crippen LogP contribution in [-0.4, -0.2) is 34.5 Å². The van der Waals surface area contributed by atoms with Gasteiger partial charge >= 0.3 is 5.97 Å². The summed E-state index contributed by atoms with van der Waals surface area (Å²) in [5.74, 6) is -0.381. The SMILES string of the molecule is Cc1coc(CC(=O)O)c1C(=O)N1CCCC(C)C1C. The maximum Gasteiger partial charge on any atom is 0.311 e. The van der Waals surface area contributed by atoms with E-state index in [4.69, 9.17) is 9.52 Å². The van der Waals surface area contributed by atoms with E-state index in [9.17, 15) is 9.59 Å². The van der Waals surface area contributed by atoms with Crippen LogP contribution in [0.4, 0.5) is 0 Å². The number of carbonyl (C=O) groups is 2. The van der Waals surface area contributed by atoms with Crippen LogP contribution in [0.2, 0.25) is 0 Å². The molecule has 2 heterocycles. The lowest BCUT2D eigenvalue weighted by Crippen LogP contribution is -2.46. The quantitative estimate of drug-likeness (QED) is 0.922. The number of hydrogen-bond donors (Lipinski definition) is 1. The van der Waals surface area contributed by atoms with Crippen molar-refractivity contribution in [3.63, 3.8) is 0 Å². The van der Waals surface area contributed by atoms with Gasteiger partial charge in [0.25, 0.3) is 5.91 Å². The summed E-state index contributed by atoms with van der Waals surface area (Å²) in [6.07, 6.45) is 3.32. The molecule has 2 rings (SSSR count). The van der Waals surface area contributed by atoms with Crippen molar-refractivity contribution in [1.29, 1.82) is 0 Å². The Hall–Kier alpha value is -1.78. The molecule has 2 atom stereocenters. The molecular weight excluding hydrogens is 258 g/mol. The lowest BCUT2D eigenvalue weighted by Gasteiger charge is -2.38. The number of carboxylic acids is 1. The molecule has 110 valence electrons. The zero-order chi connectivity index (χ0) is 14.9. The molecule has 5 nitrogen and oxygen atoms in total. The number of furan rings is 1. The first-order chi connectivity index (χ1) is 9.41. The molecule has 1 aliphatic rings. The maximum absolute atomic E-state index is 12.7. The van der Waals surface area contributed by atoms with Crippen LogP contribution in [0.3, 0.4) is 0 Å². The molecule has 1 N–H and O–H groups in total. The molecule has 1 fully saturated rings. The van der Waals surface area contributed by atoms with Crippen LogP contribution < -0.4 is 0 Å². The van der Waals surface area contributed by atoms with Gasteiger partial charge < -0.3 is 14.4 Å². The highest BCUT2D eigenvalue weighted by Gasteiger charge is 2.32. The fraction of sp³-hybridized carbons (Fsp3) is 0.600. The van der Waals surface area contributed by atoms with Crippen LogP contribution in [0, 0.1) is 12.8 Å². The summed E-state index contributed by atoms with van der Waals surface area (Å²) in [5.41, 5.74) is 1.13. The number of aliphatic carboxylic acids is 1. The molecule has 0 aliphatic carbocycles. The van der Waals surface area contributed by atoms with Crippen molar-refractivity contribution >= 4 is 11.9 Å². The lowest BCUT2D eigenvalue weighted by atomic mass is 9.91. The summed E-state index contributed by atoms with van der Waals surface area (Å²) in [6.45, 7) is 6.69. The lowest BCUT2D eigenvalue weighted by molar-refractivity contribution is -0.136. The fourth-order valence-corrected chi connectivity index (χ4v) is 2.82. The second-order valence-electron chi connectivity index (χ2n) is 5.65. The predicted molar refractivity (Wildman–Crippen MR) is 73.7 cm³/mol. The Labute approximate surface area is 118 Å². The van der Waals surface area contributed by atoms with Crippen LogP contribution in [0.5, 0.6) is 0 Å². The second kappa shape index (κ2) is 5.69. The number of carboxylic acid groups (broad SMARTS) is 1. The van der Waals surface area contributed by atoms with E-state index in [1.54, 1.807) is 6.92 Å². The van der Waals surface area contributed by atoms with Crippen molar-refractivity contribution < 1.29 is 19.1 Å². The number of likely N-dealkylation sites (tertiary alicyclic amines) is 1. The van der Waals surface area contributed by atoms with Gasteiger partial charge in [-0.05, 0) is 32.6 Å². The third-order valence-electron chi connectivity index (χ3n) is 4.21. The third-order valence-corrected chi connectivity index (χ3v) is 4.21. The summed E-state index contributed by atoms with van der Waals surface area (Å²) in [6, 6.07) is 0.170. The van der Waals surface area contributed by atoms with Gasteiger partial charge in [-0.1, -0.05) is 6.92 Å². The molecule has 20 heavy (non-hydrogen) atoms. The monoisotopic (exact) mass is 279 g/mol. The smallest absolute Gasteiger partial charge is 0.311 e. The standard InChI is InChI=1S/C15H21NO4/c1-9-5-4-6-16(11(9)3)15(19)14-10(2)8-20-12(14)7-13(17)18/h8-9,11H,4-7H2,1-3H3,(H,17,18). The van der Waals surface area contributed by atoms with Gasteiger partial charge in [0.15, 0.2) is 0 Å². The minimum Gasteiger partial charge on any atom is -0.481 e. The Morgan fingerprint density at radius 3 is 2.80 bits per heavy atom. The average Bonchev–Trinajstić information content (AvgIpc) is 2.72. The van der Waals surface area contributed by atoms with Gasteiger partial charge in [0.05, 0.1) is 11.8 Å². The Morgan fingerprint density at radius 1 is 1.45 bits per heavy atom. The molecule has 2 unspecified atom stereocenters. The van der Waals surface area contributed by atoms with E-state index in [-0.39, 0.29) is 24.1 Å². The van der Waals surface area contributed by atoms with Crippen LogP contribution in [0.1, 0.15) is 48.4 Å². The molecule has 1 saturated heterocycles. The zero-order valence-corrected chi connectivity index (χ0v) is 12.2. The highest BCUT2D eigenvalue weighted by molar-refractivity contribution is 5.97. The maximum atomic E-state index is 12.7. The van der Waals surface area contributed by atoms with Gasteiger partial charge in [-0.3, -0.25) is 9.59 Å². The van der Waals surface area contributed by atoms with Gasteiger partial charge in [0, 0.05) is 18.2 Å². The summed E-state index contributed by atoms with van der Waals surface area (Å²) in [4.78, 5) is 25.4. The highest BCUT2D eigenvalue weighted by atomic mass is 16.4. The van der Waals surface area contributed by atoms with Gasteiger partial charge in [-0.25, -0.2) is 0 Å². The molecule has 0 saturated carbocycles. The third kappa shape index (κ3) is 2.71. The fourth-order valence-electron chi connectivity index (χ4n) is 2.82. The minimum atomic E-state index is -0.992. The first-order valence-corrected chi connectivity index (χ1v) is 7.01. The Bertz CT molecular complexity index is 520. The number of piperidine rings is 1. The van der Waals surface area contributed by atoms with Crippen molar-refractivity contribution in [2.45, 2.75) is 46.1 Å². The molecule has 0 bridgehead atoms. The highest BCUT2D eigenvalue weighted by Crippen LogP contribution is 2.27. The van der Waals surface area contributed by atoms with Crippen LogP contribution in [0.25, 0.3) is 0 Å². The van der Waals surface area contributed by atoms with Crippen molar-refractivity contribution in [2.75, 3.05) is 6.54 Å². The van der Waals surface area contributed by atoms with Gasteiger partial charge in [0.1, 0.15) is 12.2 Å². The summed E-state index contributed by atoms with van der Waals surface area (Å²) >= 11 is 0. The Kier molecular flexibility index (Phi) is 4.16. The van der Waals surface area contributed by atoms with Crippen molar-refractivity contribution in [3.05, 3.63) is 23.2 Å². The molecule has 1 amide bonds. The van der Waals surface area contributed by atoms with Crippen LogP contribution in [-0.2, 0) is 11.2 Å². The number of hydrogen-bond acceptors (Lipinski definition) is 3.